The van der Waals surface area contributed by atoms with Gasteiger partial charge in [0.05, 0.1) is 32.8 Å². The Morgan fingerprint density at radius 1 is 1.08 bits per heavy atom. The van der Waals surface area contributed by atoms with E-state index in [4.69, 9.17) is 18.9 Å². The molecule has 0 aliphatic carbocycles. The second-order valence-electron chi connectivity index (χ2n) is 5.54. The largest absolute Gasteiger partial charge is 0.496 e. The van der Waals surface area contributed by atoms with E-state index in [0.29, 0.717) is 28.4 Å². The van der Waals surface area contributed by atoms with Crippen LogP contribution in [0.4, 0.5) is 0 Å². The molecule has 3 rings (SSSR count). The number of rotatable bonds is 5. The molecule has 1 heterocycles. The highest BCUT2D eigenvalue weighted by molar-refractivity contribution is 6.03. The fourth-order valence-corrected chi connectivity index (χ4v) is 2.98. The van der Waals surface area contributed by atoms with Crippen LogP contribution in [0.15, 0.2) is 36.4 Å². The molecule has 0 bridgehead atoms. The molecular formula is C19H20O5. The molecule has 1 aliphatic rings. The molecule has 0 spiro atoms. The van der Waals surface area contributed by atoms with Crippen molar-refractivity contribution in [3.8, 4) is 17.2 Å². The van der Waals surface area contributed by atoms with Crippen molar-refractivity contribution in [1.82, 2.24) is 0 Å². The summed E-state index contributed by atoms with van der Waals surface area (Å²) in [6.07, 6.45) is -0.0646. The number of carbonyl (C=O) groups is 1. The Morgan fingerprint density at radius 2 is 1.79 bits per heavy atom. The van der Waals surface area contributed by atoms with E-state index in [1.54, 1.807) is 20.3 Å². The van der Waals surface area contributed by atoms with Crippen LogP contribution in [-0.2, 0) is 11.3 Å². The lowest BCUT2D eigenvalue weighted by Gasteiger charge is -2.29. The summed E-state index contributed by atoms with van der Waals surface area (Å²) in [6.45, 7) is 0.282. The van der Waals surface area contributed by atoms with E-state index in [1.165, 1.54) is 7.11 Å². The van der Waals surface area contributed by atoms with E-state index in [9.17, 15) is 4.79 Å². The molecule has 0 aromatic heterocycles. The third kappa shape index (κ3) is 2.83. The standard InChI is InChI=1S/C19H20O5/c1-21-11-13-16(22-2)10-17(23-3)18-14(20)9-15(24-19(13)18)12-7-5-4-6-8-12/h4-8,10,15H,9,11H2,1-3H3/t15-/m0/s1. The Balaban J connectivity index is 2.13. The molecule has 24 heavy (non-hydrogen) atoms. The minimum absolute atomic E-state index is 0.0121. The minimum atomic E-state index is -0.335. The molecule has 126 valence electrons. The molecule has 2 aromatic carbocycles. The van der Waals surface area contributed by atoms with Crippen LogP contribution in [0.1, 0.15) is 34.0 Å². The molecule has 0 amide bonds. The van der Waals surface area contributed by atoms with Crippen molar-refractivity contribution < 1.29 is 23.7 Å². The van der Waals surface area contributed by atoms with Crippen LogP contribution in [0, 0.1) is 0 Å². The van der Waals surface area contributed by atoms with Gasteiger partial charge in [0, 0.05) is 13.2 Å². The Bertz CT molecular complexity index is 739. The average molecular weight is 328 g/mol. The molecule has 0 unspecified atom stereocenters. The summed E-state index contributed by atoms with van der Waals surface area (Å²) in [5.41, 5.74) is 2.13. The van der Waals surface area contributed by atoms with Gasteiger partial charge in [-0.05, 0) is 5.56 Å². The summed E-state index contributed by atoms with van der Waals surface area (Å²) < 4.78 is 22.3. The molecule has 0 radical (unpaired) electrons. The molecule has 5 nitrogen and oxygen atoms in total. The van der Waals surface area contributed by atoms with Crippen LogP contribution >= 0.6 is 0 Å². The quantitative estimate of drug-likeness (QED) is 0.840. The molecule has 0 saturated carbocycles. The molecule has 1 atom stereocenters. The number of hydrogen-bond donors (Lipinski definition) is 0. The van der Waals surface area contributed by atoms with Gasteiger partial charge in [-0.25, -0.2) is 0 Å². The number of carbonyl (C=O) groups excluding carboxylic acids is 1. The maximum atomic E-state index is 12.8. The summed E-state index contributed by atoms with van der Waals surface area (Å²) in [7, 11) is 4.69. The molecule has 0 N–H and O–H groups in total. The van der Waals surface area contributed by atoms with E-state index in [2.05, 4.69) is 0 Å². The number of hydrogen-bond acceptors (Lipinski definition) is 5. The average Bonchev–Trinajstić information content (AvgIpc) is 2.62. The smallest absolute Gasteiger partial charge is 0.174 e. The molecule has 1 aliphatic heterocycles. The number of benzene rings is 2. The van der Waals surface area contributed by atoms with Crippen LogP contribution < -0.4 is 14.2 Å². The zero-order valence-corrected chi connectivity index (χ0v) is 14.0. The summed E-state index contributed by atoms with van der Waals surface area (Å²) in [4.78, 5) is 12.8. The summed E-state index contributed by atoms with van der Waals surface area (Å²) in [6, 6.07) is 11.4. The lowest BCUT2D eigenvalue weighted by Crippen LogP contribution is -2.22. The molecule has 5 heteroatoms. The zero-order valence-electron chi connectivity index (χ0n) is 14.0. The number of ether oxygens (including phenoxy) is 4. The van der Waals surface area contributed by atoms with Gasteiger partial charge < -0.3 is 18.9 Å². The van der Waals surface area contributed by atoms with Gasteiger partial charge in [0.15, 0.2) is 5.78 Å². The van der Waals surface area contributed by atoms with Crippen molar-refractivity contribution in [3.63, 3.8) is 0 Å². The Hall–Kier alpha value is -2.53. The van der Waals surface area contributed by atoms with Crippen molar-refractivity contribution >= 4 is 5.78 Å². The molecular weight excluding hydrogens is 308 g/mol. The normalized spacial score (nSPS) is 16.3. The SMILES string of the molecule is COCc1c(OC)cc(OC)c2c1O[C@H](c1ccccc1)CC2=O. The maximum absolute atomic E-state index is 12.8. The monoisotopic (exact) mass is 328 g/mol. The van der Waals surface area contributed by atoms with Crippen molar-refractivity contribution in [2.75, 3.05) is 21.3 Å². The third-order valence-electron chi connectivity index (χ3n) is 4.12. The number of methoxy groups -OCH3 is 3. The van der Waals surface area contributed by atoms with Crippen LogP contribution in [-0.4, -0.2) is 27.1 Å². The van der Waals surface area contributed by atoms with E-state index in [0.717, 1.165) is 5.56 Å². The topological polar surface area (TPSA) is 54.0 Å². The van der Waals surface area contributed by atoms with E-state index in [-0.39, 0.29) is 24.9 Å². The van der Waals surface area contributed by atoms with Crippen LogP contribution in [0.25, 0.3) is 0 Å². The zero-order chi connectivity index (χ0) is 17.1. The lowest BCUT2D eigenvalue weighted by atomic mass is 9.93. The van der Waals surface area contributed by atoms with E-state index in [1.807, 2.05) is 30.3 Å². The predicted molar refractivity (Wildman–Crippen MR) is 89.0 cm³/mol. The Morgan fingerprint density at radius 3 is 2.42 bits per heavy atom. The van der Waals surface area contributed by atoms with Crippen molar-refractivity contribution in [1.29, 1.82) is 0 Å². The number of Topliss-reactive ketones (excluding diaryl/α,β-unsaturated/α-hetero) is 1. The second kappa shape index (κ2) is 6.93. The lowest BCUT2D eigenvalue weighted by molar-refractivity contribution is 0.0833. The highest BCUT2D eigenvalue weighted by atomic mass is 16.5. The van der Waals surface area contributed by atoms with Crippen molar-refractivity contribution in [2.24, 2.45) is 0 Å². The summed E-state index contributed by atoms with van der Waals surface area (Å²) >= 11 is 0. The Kier molecular flexibility index (Phi) is 4.71. The highest BCUT2D eigenvalue weighted by Crippen LogP contribution is 2.46. The first kappa shape index (κ1) is 16.3. The van der Waals surface area contributed by atoms with Gasteiger partial charge in [0.25, 0.3) is 0 Å². The number of fused-ring (bicyclic) bond motifs is 1. The fraction of sp³-hybridized carbons (Fsp3) is 0.316. The first-order chi connectivity index (χ1) is 11.7. The summed E-state index contributed by atoms with van der Waals surface area (Å²) in [5, 5.41) is 0. The predicted octanol–water partition coefficient (Wildman–Crippen LogP) is 3.56. The van der Waals surface area contributed by atoms with Gasteiger partial charge in [-0.1, -0.05) is 30.3 Å². The molecule has 0 saturated heterocycles. The minimum Gasteiger partial charge on any atom is -0.496 e. The van der Waals surface area contributed by atoms with Gasteiger partial charge in [-0.3, -0.25) is 4.79 Å². The van der Waals surface area contributed by atoms with Gasteiger partial charge in [-0.2, -0.15) is 0 Å². The van der Waals surface area contributed by atoms with Crippen molar-refractivity contribution in [2.45, 2.75) is 19.1 Å². The van der Waals surface area contributed by atoms with E-state index < -0.39 is 0 Å². The van der Waals surface area contributed by atoms with Gasteiger partial charge >= 0.3 is 0 Å². The highest BCUT2D eigenvalue weighted by Gasteiger charge is 2.34. The van der Waals surface area contributed by atoms with Crippen molar-refractivity contribution in [3.05, 3.63) is 53.1 Å². The maximum Gasteiger partial charge on any atom is 0.174 e. The van der Waals surface area contributed by atoms with Gasteiger partial charge in [-0.15, -0.1) is 0 Å². The first-order valence-electron chi connectivity index (χ1n) is 7.71. The van der Waals surface area contributed by atoms with Crippen LogP contribution in [0.3, 0.4) is 0 Å². The van der Waals surface area contributed by atoms with E-state index >= 15 is 0 Å². The fourth-order valence-electron chi connectivity index (χ4n) is 2.98. The van der Waals surface area contributed by atoms with Gasteiger partial charge in [0.2, 0.25) is 0 Å². The first-order valence-corrected chi connectivity index (χ1v) is 7.71. The van der Waals surface area contributed by atoms with Gasteiger partial charge in [0.1, 0.15) is 28.9 Å². The number of ketones is 1. The Labute approximate surface area is 141 Å². The summed E-state index contributed by atoms with van der Waals surface area (Å²) in [5.74, 6) is 1.51. The molecule has 0 fully saturated rings. The molecule has 2 aromatic rings. The third-order valence-corrected chi connectivity index (χ3v) is 4.12. The van der Waals surface area contributed by atoms with Crippen LogP contribution in [0.5, 0.6) is 17.2 Å². The second-order valence-corrected chi connectivity index (χ2v) is 5.54. The van der Waals surface area contributed by atoms with Crippen LogP contribution in [0.2, 0.25) is 0 Å².